The van der Waals surface area contributed by atoms with Crippen LogP contribution in [0.1, 0.15) is 30.5 Å². The summed E-state index contributed by atoms with van der Waals surface area (Å²) in [6, 6.07) is 15.9. The van der Waals surface area contributed by atoms with Crippen LogP contribution in [0.5, 0.6) is 0 Å². The molecule has 0 bridgehead atoms. The van der Waals surface area contributed by atoms with Crippen LogP contribution in [-0.4, -0.2) is 37.0 Å². The number of nitrogens with one attached hydrogen (secondary N) is 3. The van der Waals surface area contributed by atoms with Crippen LogP contribution in [0.4, 0.5) is 5.82 Å². The summed E-state index contributed by atoms with van der Waals surface area (Å²) in [6.45, 7) is 5.32. The first-order chi connectivity index (χ1) is 12.6. The number of pyridine rings is 1. The normalized spacial score (nSPS) is 11.9. The first-order valence-electron chi connectivity index (χ1n) is 8.81. The molecular weight excluding hydrogens is 453 g/mol. The van der Waals surface area contributed by atoms with Crippen molar-refractivity contribution in [3.05, 3.63) is 59.8 Å². The fraction of sp³-hybridized carbons (Fsp3) is 0.350. The van der Waals surface area contributed by atoms with Crippen LogP contribution in [0.2, 0.25) is 0 Å². The third-order valence-corrected chi connectivity index (χ3v) is 3.97. The number of aryl methyl sites for hydroxylation is 1. The Balaban J connectivity index is 0.00000364. The number of aliphatic imine (C=N–C) groups is 1. The molecule has 1 atom stereocenters. The second kappa shape index (κ2) is 12.3. The molecule has 6 nitrogen and oxygen atoms in total. The summed E-state index contributed by atoms with van der Waals surface area (Å²) in [7, 11) is 1.72. The Morgan fingerprint density at radius 3 is 2.52 bits per heavy atom. The van der Waals surface area contributed by atoms with E-state index in [0.29, 0.717) is 30.7 Å². The van der Waals surface area contributed by atoms with Crippen molar-refractivity contribution in [3.63, 3.8) is 0 Å². The van der Waals surface area contributed by atoms with Gasteiger partial charge in [-0.25, -0.2) is 4.98 Å². The molecule has 0 saturated heterocycles. The Kier molecular flexibility index (Phi) is 10.4. The molecule has 0 radical (unpaired) electrons. The van der Waals surface area contributed by atoms with Gasteiger partial charge in [-0.1, -0.05) is 43.3 Å². The van der Waals surface area contributed by atoms with E-state index in [2.05, 4.69) is 45.0 Å². The van der Waals surface area contributed by atoms with Crippen molar-refractivity contribution >= 4 is 41.7 Å². The number of anilines is 1. The monoisotopic (exact) mass is 481 g/mol. The number of carbonyl (C=O) groups is 1. The number of rotatable bonds is 7. The molecule has 3 N–H and O–H groups in total. The molecular formula is C20H28IN5O. The first kappa shape index (κ1) is 22.9. The van der Waals surface area contributed by atoms with Crippen LogP contribution in [0.15, 0.2) is 53.5 Å². The molecule has 1 amide bonds. The van der Waals surface area contributed by atoms with Gasteiger partial charge in [-0.3, -0.25) is 9.79 Å². The van der Waals surface area contributed by atoms with Gasteiger partial charge in [-0.15, -0.1) is 24.0 Å². The highest BCUT2D eigenvalue weighted by molar-refractivity contribution is 14.0. The minimum absolute atomic E-state index is 0. The highest BCUT2D eigenvalue weighted by Crippen LogP contribution is 2.12. The van der Waals surface area contributed by atoms with Gasteiger partial charge in [0, 0.05) is 32.3 Å². The summed E-state index contributed by atoms with van der Waals surface area (Å²) >= 11 is 0. The number of guanidine groups is 1. The summed E-state index contributed by atoms with van der Waals surface area (Å²) in [6.07, 6.45) is 0.338. The zero-order valence-corrected chi connectivity index (χ0v) is 18.4. The fourth-order valence-electron chi connectivity index (χ4n) is 2.48. The van der Waals surface area contributed by atoms with Crippen LogP contribution in [0.3, 0.4) is 0 Å². The lowest BCUT2D eigenvalue weighted by Crippen LogP contribution is -2.40. The smallest absolute Gasteiger partial charge is 0.227 e. The van der Waals surface area contributed by atoms with Gasteiger partial charge in [-0.05, 0) is 30.5 Å². The predicted octanol–water partition coefficient (Wildman–Crippen LogP) is 3.31. The summed E-state index contributed by atoms with van der Waals surface area (Å²) in [5, 5.41) is 9.25. The minimum atomic E-state index is -0.0799. The SMILES string of the molecule is CN=C(NCCC(=O)Nc1cccc(C)n1)NCC(C)c1ccccc1.I. The maximum Gasteiger partial charge on any atom is 0.227 e. The molecule has 1 heterocycles. The molecule has 0 spiro atoms. The minimum Gasteiger partial charge on any atom is -0.356 e. The fourth-order valence-corrected chi connectivity index (χ4v) is 2.48. The van der Waals surface area contributed by atoms with Crippen LogP contribution in [-0.2, 0) is 4.79 Å². The molecule has 2 rings (SSSR count). The Bertz CT molecular complexity index is 736. The average Bonchev–Trinajstić information content (AvgIpc) is 2.65. The lowest BCUT2D eigenvalue weighted by Gasteiger charge is -2.16. The molecule has 1 aromatic carbocycles. The lowest BCUT2D eigenvalue weighted by molar-refractivity contribution is -0.116. The molecule has 0 fully saturated rings. The topological polar surface area (TPSA) is 78.4 Å². The van der Waals surface area contributed by atoms with E-state index in [4.69, 9.17) is 0 Å². The summed E-state index contributed by atoms with van der Waals surface area (Å²) in [5.74, 6) is 1.55. The van der Waals surface area contributed by atoms with Crippen molar-refractivity contribution in [2.75, 3.05) is 25.5 Å². The molecule has 0 aliphatic rings. The van der Waals surface area contributed by atoms with E-state index in [1.165, 1.54) is 5.56 Å². The quantitative estimate of drug-likeness (QED) is 0.322. The number of aromatic nitrogens is 1. The summed E-state index contributed by atoms with van der Waals surface area (Å²) < 4.78 is 0. The van der Waals surface area contributed by atoms with Gasteiger partial charge in [0.15, 0.2) is 5.96 Å². The molecule has 0 aliphatic heterocycles. The number of halogens is 1. The van der Waals surface area contributed by atoms with Crippen LogP contribution < -0.4 is 16.0 Å². The molecule has 0 aliphatic carbocycles. The zero-order chi connectivity index (χ0) is 18.8. The number of hydrogen-bond acceptors (Lipinski definition) is 3. The van der Waals surface area contributed by atoms with Crippen molar-refractivity contribution < 1.29 is 4.79 Å². The first-order valence-corrected chi connectivity index (χ1v) is 8.81. The number of hydrogen-bond donors (Lipinski definition) is 3. The average molecular weight is 481 g/mol. The highest BCUT2D eigenvalue weighted by Gasteiger charge is 2.07. The van der Waals surface area contributed by atoms with E-state index >= 15 is 0 Å². The molecule has 2 aromatic rings. The number of nitrogens with zero attached hydrogens (tertiary/aromatic N) is 2. The second-order valence-corrected chi connectivity index (χ2v) is 6.15. The second-order valence-electron chi connectivity index (χ2n) is 6.15. The molecule has 0 saturated carbocycles. The van der Waals surface area contributed by atoms with Crippen LogP contribution in [0.25, 0.3) is 0 Å². The standard InChI is InChI=1S/C20H27N5O.HI/c1-15(17-9-5-4-6-10-17)14-23-20(21-3)22-13-12-19(26)25-18-11-7-8-16(2)24-18;/h4-11,15H,12-14H2,1-3H3,(H2,21,22,23)(H,24,25,26);1H. The van der Waals surface area contributed by atoms with Gasteiger partial charge in [0.25, 0.3) is 0 Å². The predicted molar refractivity (Wildman–Crippen MR) is 122 cm³/mol. The highest BCUT2D eigenvalue weighted by atomic mass is 127. The van der Waals surface area contributed by atoms with Gasteiger partial charge in [0.05, 0.1) is 0 Å². The Labute approximate surface area is 178 Å². The summed E-state index contributed by atoms with van der Waals surface area (Å²) in [5.41, 5.74) is 2.15. The van der Waals surface area contributed by atoms with E-state index in [1.807, 2.05) is 37.3 Å². The Hall–Kier alpha value is -2.16. The largest absolute Gasteiger partial charge is 0.356 e. The molecule has 7 heteroatoms. The van der Waals surface area contributed by atoms with Gasteiger partial charge in [-0.2, -0.15) is 0 Å². The maximum atomic E-state index is 12.0. The van der Waals surface area contributed by atoms with Crippen molar-refractivity contribution in [1.82, 2.24) is 15.6 Å². The third kappa shape index (κ3) is 8.38. The number of benzene rings is 1. The Morgan fingerprint density at radius 1 is 1.11 bits per heavy atom. The summed E-state index contributed by atoms with van der Waals surface area (Å²) in [4.78, 5) is 20.5. The van der Waals surface area contributed by atoms with E-state index < -0.39 is 0 Å². The van der Waals surface area contributed by atoms with Crippen molar-refractivity contribution in [3.8, 4) is 0 Å². The lowest BCUT2D eigenvalue weighted by atomic mass is 10.0. The van der Waals surface area contributed by atoms with Crippen molar-refractivity contribution in [1.29, 1.82) is 0 Å². The van der Waals surface area contributed by atoms with Crippen molar-refractivity contribution in [2.24, 2.45) is 4.99 Å². The van der Waals surface area contributed by atoms with E-state index in [-0.39, 0.29) is 29.9 Å². The molecule has 1 aromatic heterocycles. The van der Waals surface area contributed by atoms with Gasteiger partial charge in [0.2, 0.25) is 5.91 Å². The molecule has 146 valence electrons. The van der Waals surface area contributed by atoms with Gasteiger partial charge >= 0.3 is 0 Å². The zero-order valence-electron chi connectivity index (χ0n) is 16.0. The molecule has 1 unspecified atom stereocenters. The van der Waals surface area contributed by atoms with E-state index in [1.54, 1.807) is 13.1 Å². The molecule has 27 heavy (non-hydrogen) atoms. The number of carbonyl (C=O) groups excluding carboxylic acids is 1. The Morgan fingerprint density at radius 2 is 1.85 bits per heavy atom. The van der Waals surface area contributed by atoms with Gasteiger partial charge in [0.1, 0.15) is 5.82 Å². The van der Waals surface area contributed by atoms with Crippen LogP contribution >= 0.6 is 24.0 Å². The maximum absolute atomic E-state index is 12.0. The van der Waals surface area contributed by atoms with Gasteiger partial charge < -0.3 is 16.0 Å². The van der Waals surface area contributed by atoms with E-state index in [0.717, 1.165) is 12.2 Å². The number of amides is 1. The van der Waals surface area contributed by atoms with E-state index in [9.17, 15) is 4.79 Å². The third-order valence-electron chi connectivity index (χ3n) is 3.97. The van der Waals surface area contributed by atoms with Crippen LogP contribution in [0, 0.1) is 6.92 Å². The van der Waals surface area contributed by atoms with Crippen molar-refractivity contribution in [2.45, 2.75) is 26.2 Å².